The Morgan fingerprint density at radius 1 is 1.23 bits per heavy atom. The zero-order valence-corrected chi connectivity index (χ0v) is 13.0. The molecule has 6 nitrogen and oxygen atoms in total. The second-order valence-corrected chi connectivity index (χ2v) is 5.50. The van der Waals surface area contributed by atoms with Gasteiger partial charge in [-0.05, 0) is 31.2 Å². The molecule has 3 aromatic rings. The van der Waals surface area contributed by atoms with Crippen molar-refractivity contribution in [1.82, 2.24) is 19.6 Å². The van der Waals surface area contributed by atoms with Crippen molar-refractivity contribution in [2.75, 3.05) is 7.11 Å². The van der Waals surface area contributed by atoms with Gasteiger partial charge in [-0.1, -0.05) is 13.8 Å². The molecule has 22 heavy (non-hydrogen) atoms. The number of aromatic amines is 1. The van der Waals surface area contributed by atoms with Gasteiger partial charge in [0.05, 0.1) is 12.8 Å². The highest BCUT2D eigenvalue weighted by atomic mass is 16.5. The monoisotopic (exact) mass is 298 g/mol. The van der Waals surface area contributed by atoms with E-state index < -0.39 is 0 Å². The van der Waals surface area contributed by atoms with Gasteiger partial charge in [-0.2, -0.15) is 0 Å². The average Bonchev–Trinajstić information content (AvgIpc) is 2.85. The van der Waals surface area contributed by atoms with Crippen LogP contribution in [0.1, 0.15) is 31.3 Å². The maximum Gasteiger partial charge on any atom is 0.277 e. The molecule has 0 fully saturated rings. The van der Waals surface area contributed by atoms with Crippen molar-refractivity contribution in [3.05, 3.63) is 46.1 Å². The van der Waals surface area contributed by atoms with E-state index in [1.807, 2.05) is 45.0 Å². The Bertz CT molecular complexity index is 876. The maximum absolute atomic E-state index is 12.4. The zero-order chi connectivity index (χ0) is 15.9. The topological polar surface area (TPSA) is 72.3 Å². The molecule has 0 aliphatic heterocycles. The molecule has 0 aliphatic rings. The fraction of sp³-hybridized carbons (Fsp3) is 0.312. The Morgan fingerprint density at radius 3 is 2.50 bits per heavy atom. The average molecular weight is 298 g/mol. The van der Waals surface area contributed by atoms with Crippen molar-refractivity contribution in [1.29, 1.82) is 0 Å². The van der Waals surface area contributed by atoms with Gasteiger partial charge in [0.2, 0.25) is 0 Å². The fourth-order valence-electron chi connectivity index (χ4n) is 2.45. The number of aromatic nitrogens is 4. The van der Waals surface area contributed by atoms with Crippen molar-refractivity contribution in [3.8, 4) is 17.1 Å². The van der Waals surface area contributed by atoms with Crippen molar-refractivity contribution >= 4 is 5.52 Å². The second kappa shape index (κ2) is 5.29. The van der Waals surface area contributed by atoms with Crippen molar-refractivity contribution < 1.29 is 4.74 Å². The molecule has 0 saturated carbocycles. The zero-order valence-electron chi connectivity index (χ0n) is 13.0. The number of benzene rings is 1. The van der Waals surface area contributed by atoms with Crippen LogP contribution in [0.4, 0.5) is 0 Å². The van der Waals surface area contributed by atoms with Crippen LogP contribution in [0.3, 0.4) is 0 Å². The first-order chi connectivity index (χ1) is 10.5. The van der Waals surface area contributed by atoms with Crippen LogP contribution in [-0.2, 0) is 0 Å². The van der Waals surface area contributed by atoms with Crippen molar-refractivity contribution in [2.24, 2.45) is 0 Å². The summed E-state index contributed by atoms with van der Waals surface area (Å²) >= 11 is 0. The first kappa shape index (κ1) is 14.3. The minimum absolute atomic E-state index is 0.180. The van der Waals surface area contributed by atoms with Gasteiger partial charge in [-0.15, -0.1) is 5.10 Å². The van der Waals surface area contributed by atoms with E-state index in [1.165, 1.54) is 0 Å². The Hall–Kier alpha value is -2.63. The van der Waals surface area contributed by atoms with E-state index in [-0.39, 0.29) is 11.5 Å². The molecule has 0 spiro atoms. The lowest BCUT2D eigenvalue weighted by Gasteiger charge is -2.06. The highest BCUT2D eigenvalue weighted by Gasteiger charge is 2.16. The number of aryl methyl sites for hydroxylation is 1. The third kappa shape index (κ3) is 2.26. The molecule has 1 N–H and O–H groups in total. The summed E-state index contributed by atoms with van der Waals surface area (Å²) in [5.74, 6) is 2.24. The largest absolute Gasteiger partial charge is 0.497 e. The summed E-state index contributed by atoms with van der Waals surface area (Å²) < 4.78 is 6.80. The van der Waals surface area contributed by atoms with E-state index in [9.17, 15) is 4.79 Å². The van der Waals surface area contributed by atoms with Gasteiger partial charge >= 0.3 is 0 Å². The Kier molecular flexibility index (Phi) is 3.44. The minimum Gasteiger partial charge on any atom is -0.497 e. The van der Waals surface area contributed by atoms with E-state index >= 15 is 0 Å². The summed E-state index contributed by atoms with van der Waals surface area (Å²) in [7, 11) is 1.62. The van der Waals surface area contributed by atoms with Gasteiger partial charge < -0.3 is 9.72 Å². The number of ether oxygens (including phenoxy) is 1. The Morgan fingerprint density at radius 2 is 1.91 bits per heavy atom. The lowest BCUT2D eigenvalue weighted by molar-refractivity contribution is 0.415. The molecule has 3 rings (SSSR count). The van der Waals surface area contributed by atoms with E-state index in [2.05, 4.69) is 15.1 Å². The SMILES string of the molecule is COc1ccc(-c2nn3c(C(C)C)nc(C)c3c(=O)[nH]2)cc1. The minimum atomic E-state index is -0.183. The maximum atomic E-state index is 12.4. The Labute approximate surface area is 127 Å². The lowest BCUT2D eigenvalue weighted by Crippen LogP contribution is -2.15. The van der Waals surface area contributed by atoms with E-state index in [0.717, 1.165) is 17.1 Å². The third-order valence-corrected chi connectivity index (χ3v) is 3.58. The smallest absolute Gasteiger partial charge is 0.277 e. The number of nitrogens with zero attached hydrogens (tertiary/aromatic N) is 3. The normalized spacial score (nSPS) is 11.3. The van der Waals surface area contributed by atoms with Crippen LogP contribution in [0.5, 0.6) is 5.75 Å². The molecule has 2 aromatic heterocycles. The highest BCUT2D eigenvalue weighted by molar-refractivity contribution is 5.58. The molecule has 0 bridgehead atoms. The molecular formula is C16H18N4O2. The second-order valence-electron chi connectivity index (χ2n) is 5.50. The van der Waals surface area contributed by atoms with Crippen LogP contribution in [0, 0.1) is 6.92 Å². The van der Waals surface area contributed by atoms with Gasteiger partial charge in [0.1, 0.15) is 11.6 Å². The number of hydrogen-bond donors (Lipinski definition) is 1. The van der Waals surface area contributed by atoms with Gasteiger partial charge in [-0.25, -0.2) is 9.50 Å². The molecule has 2 heterocycles. The molecule has 0 radical (unpaired) electrons. The van der Waals surface area contributed by atoms with Crippen LogP contribution in [0.2, 0.25) is 0 Å². The van der Waals surface area contributed by atoms with E-state index in [0.29, 0.717) is 17.0 Å². The standard InChI is InChI=1S/C16H18N4O2/c1-9(2)15-17-10(3)13-16(21)18-14(19-20(13)15)11-5-7-12(22-4)8-6-11/h5-9H,1-4H3,(H,18,19,21). The first-order valence-corrected chi connectivity index (χ1v) is 7.15. The van der Waals surface area contributed by atoms with Gasteiger partial charge in [0, 0.05) is 11.5 Å². The van der Waals surface area contributed by atoms with Crippen LogP contribution in [-0.4, -0.2) is 26.7 Å². The predicted octanol–water partition coefficient (Wildman–Crippen LogP) is 2.53. The number of methoxy groups -OCH3 is 1. The lowest BCUT2D eigenvalue weighted by atomic mass is 10.2. The molecule has 1 aromatic carbocycles. The molecule has 114 valence electrons. The van der Waals surface area contributed by atoms with Crippen molar-refractivity contribution in [2.45, 2.75) is 26.7 Å². The molecule has 0 aliphatic carbocycles. The number of H-pyrrole nitrogens is 1. The summed E-state index contributed by atoms with van der Waals surface area (Å²) in [6, 6.07) is 7.40. The van der Waals surface area contributed by atoms with Crippen molar-refractivity contribution in [3.63, 3.8) is 0 Å². The van der Waals surface area contributed by atoms with Crippen LogP contribution >= 0.6 is 0 Å². The summed E-state index contributed by atoms with van der Waals surface area (Å²) in [6.45, 7) is 5.89. The van der Waals surface area contributed by atoms with Gasteiger partial charge in [-0.3, -0.25) is 4.79 Å². The van der Waals surface area contributed by atoms with Gasteiger partial charge in [0.25, 0.3) is 5.56 Å². The molecule has 0 saturated heterocycles. The molecule has 0 atom stereocenters. The van der Waals surface area contributed by atoms with E-state index in [4.69, 9.17) is 4.74 Å². The molecular weight excluding hydrogens is 280 g/mol. The number of fused-ring (bicyclic) bond motifs is 1. The quantitative estimate of drug-likeness (QED) is 0.806. The number of nitrogens with one attached hydrogen (secondary N) is 1. The number of rotatable bonds is 3. The summed E-state index contributed by atoms with van der Waals surface area (Å²) in [4.78, 5) is 19.7. The molecule has 0 amide bonds. The number of imidazole rings is 1. The van der Waals surface area contributed by atoms with Crippen LogP contribution < -0.4 is 10.3 Å². The van der Waals surface area contributed by atoms with Crippen LogP contribution in [0.15, 0.2) is 29.1 Å². The molecule has 0 unspecified atom stereocenters. The van der Waals surface area contributed by atoms with E-state index in [1.54, 1.807) is 11.6 Å². The summed E-state index contributed by atoms with van der Waals surface area (Å²) in [5, 5.41) is 4.56. The third-order valence-electron chi connectivity index (χ3n) is 3.58. The number of hydrogen-bond acceptors (Lipinski definition) is 4. The molecule has 6 heteroatoms. The summed E-state index contributed by atoms with van der Waals surface area (Å²) in [5.41, 5.74) is 1.83. The van der Waals surface area contributed by atoms with Gasteiger partial charge in [0.15, 0.2) is 11.3 Å². The van der Waals surface area contributed by atoms with Crippen LogP contribution in [0.25, 0.3) is 16.9 Å². The highest BCUT2D eigenvalue weighted by Crippen LogP contribution is 2.20. The predicted molar refractivity (Wildman–Crippen MR) is 84.4 cm³/mol. The summed E-state index contributed by atoms with van der Waals surface area (Å²) in [6.07, 6.45) is 0. The fourth-order valence-corrected chi connectivity index (χ4v) is 2.45. The Balaban J connectivity index is 2.23. The first-order valence-electron chi connectivity index (χ1n) is 7.15.